The summed E-state index contributed by atoms with van der Waals surface area (Å²) in [6, 6.07) is 5.95. The molecule has 0 spiro atoms. The van der Waals surface area contributed by atoms with E-state index in [0.29, 0.717) is 11.8 Å². The first kappa shape index (κ1) is 18.0. The first-order valence-electron chi connectivity index (χ1n) is 9.72. The van der Waals surface area contributed by atoms with E-state index in [1.807, 2.05) is 18.2 Å². The molecule has 1 aromatic rings. The van der Waals surface area contributed by atoms with E-state index in [1.165, 1.54) is 37.3 Å². The molecule has 1 atom stereocenters. The first-order valence-corrected chi connectivity index (χ1v) is 9.72. The van der Waals surface area contributed by atoms with Crippen LogP contribution in [0.3, 0.4) is 0 Å². The Hall–Kier alpha value is -2.40. The highest BCUT2D eigenvalue weighted by molar-refractivity contribution is 5.58. The predicted molar refractivity (Wildman–Crippen MR) is 109 cm³/mol. The van der Waals surface area contributed by atoms with Gasteiger partial charge in [-0.25, -0.2) is 0 Å². The van der Waals surface area contributed by atoms with E-state index < -0.39 is 0 Å². The number of nitrogens with zero attached hydrogens (tertiary/aromatic N) is 1. The number of hydrogen-bond donors (Lipinski definition) is 2. The second kappa shape index (κ2) is 7.69. The number of ether oxygens (including phenoxy) is 2. The number of fused-ring (bicyclic) bond motifs is 1. The molecule has 2 aliphatic heterocycles. The molecule has 0 bridgehead atoms. The molecule has 0 amide bonds. The summed E-state index contributed by atoms with van der Waals surface area (Å²) in [5.41, 5.74) is 5.17. The zero-order valence-electron chi connectivity index (χ0n) is 16.4. The Labute approximate surface area is 161 Å². The molecule has 5 nitrogen and oxygen atoms in total. The molecule has 3 aliphatic rings. The van der Waals surface area contributed by atoms with Crippen molar-refractivity contribution in [2.24, 2.45) is 11.8 Å². The van der Waals surface area contributed by atoms with Crippen LogP contribution >= 0.6 is 0 Å². The van der Waals surface area contributed by atoms with Crippen molar-refractivity contribution in [2.45, 2.75) is 19.3 Å². The maximum Gasteiger partial charge on any atom is 0.162 e. The third-order valence-electron chi connectivity index (χ3n) is 5.95. The number of hydrogen-bond acceptors (Lipinski definition) is 5. The molecule has 0 saturated carbocycles. The number of benzene rings is 1. The van der Waals surface area contributed by atoms with Crippen molar-refractivity contribution in [3.05, 3.63) is 53.5 Å². The van der Waals surface area contributed by atoms with Crippen LogP contribution in [0, 0.1) is 11.8 Å². The van der Waals surface area contributed by atoms with Crippen LogP contribution in [0.25, 0.3) is 0 Å². The lowest BCUT2D eigenvalue weighted by molar-refractivity contribution is 0.233. The summed E-state index contributed by atoms with van der Waals surface area (Å²) in [4.78, 5) is 2.43. The highest BCUT2D eigenvalue weighted by Crippen LogP contribution is 2.41. The Bertz CT molecular complexity index is 789. The fraction of sp³-hybridized carbons (Fsp3) is 0.455. The molecule has 4 rings (SSSR count). The monoisotopic (exact) mass is 367 g/mol. The van der Waals surface area contributed by atoms with Gasteiger partial charge in [-0.1, -0.05) is 0 Å². The summed E-state index contributed by atoms with van der Waals surface area (Å²) in [6.45, 7) is 2.39. The molecule has 0 radical (unpaired) electrons. The zero-order valence-corrected chi connectivity index (χ0v) is 16.4. The van der Waals surface area contributed by atoms with Gasteiger partial charge in [0.25, 0.3) is 0 Å². The van der Waals surface area contributed by atoms with Gasteiger partial charge < -0.3 is 25.0 Å². The van der Waals surface area contributed by atoms with Gasteiger partial charge >= 0.3 is 0 Å². The molecule has 0 aromatic heterocycles. The molecule has 144 valence electrons. The van der Waals surface area contributed by atoms with Gasteiger partial charge in [-0.05, 0) is 75.2 Å². The van der Waals surface area contributed by atoms with E-state index >= 15 is 0 Å². The summed E-state index contributed by atoms with van der Waals surface area (Å²) < 4.78 is 10.8. The maximum atomic E-state index is 5.42. The number of piperidine rings is 1. The highest BCUT2D eigenvalue weighted by Gasteiger charge is 2.33. The van der Waals surface area contributed by atoms with Crippen molar-refractivity contribution in [1.82, 2.24) is 10.2 Å². The van der Waals surface area contributed by atoms with Crippen molar-refractivity contribution in [1.29, 1.82) is 0 Å². The van der Waals surface area contributed by atoms with Crippen LogP contribution in [0.2, 0.25) is 0 Å². The third kappa shape index (κ3) is 3.69. The van der Waals surface area contributed by atoms with Crippen molar-refractivity contribution >= 4 is 5.69 Å². The number of rotatable bonds is 5. The van der Waals surface area contributed by atoms with Gasteiger partial charge in [-0.2, -0.15) is 0 Å². The Morgan fingerprint density at radius 3 is 2.59 bits per heavy atom. The van der Waals surface area contributed by atoms with Crippen LogP contribution in [0.15, 0.2) is 53.5 Å². The fourth-order valence-electron chi connectivity index (χ4n) is 4.35. The smallest absolute Gasteiger partial charge is 0.162 e. The summed E-state index contributed by atoms with van der Waals surface area (Å²) in [5.74, 6) is 2.66. The number of methoxy groups -OCH3 is 2. The molecular formula is C22H29N3O2. The van der Waals surface area contributed by atoms with Crippen LogP contribution in [-0.2, 0) is 0 Å². The van der Waals surface area contributed by atoms with E-state index in [1.54, 1.807) is 19.8 Å². The van der Waals surface area contributed by atoms with E-state index in [2.05, 4.69) is 40.9 Å². The highest BCUT2D eigenvalue weighted by atomic mass is 16.5. The van der Waals surface area contributed by atoms with E-state index in [0.717, 1.165) is 23.6 Å². The van der Waals surface area contributed by atoms with Crippen molar-refractivity contribution in [3.8, 4) is 11.5 Å². The van der Waals surface area contributed by atoms with Crippen LogP contribution in [0.4, 0.5) is 5.69 Å². The topological polar surface area (TPSA) is 45.8 Å². The van der Waals surface area contributed by atoms with Crippen LogP contribution in [0.1, 0.15) is 19.3 Å². The largest absolute Gasteiger partial charge is 0.493 e. The number of allylic oxidation sites excluding steroid dienone is 4. The van der Waals surface area contributed by atoms with E-state index in [-0.39, 0.29) is 0 Å². The van der Waals surface area contributed by atoms with Gasteiger partial charge in [0.2, 0.25) is 0 Å². The van der Waals surface area contributed by atoms with Crippen LogP contribution in [-0.4, -0.2) is 39.3 Å². The van der Waals surface area contributed by atoms with E-state index in [9.17, 15) is 0 Å². The summed E-state index contributed by atoms with van der Waals surface area (Å²) in [6.07, 6.45) is 10.2. The van der Waals surface area contributed by atoms with Gasteiger partial charge in [-0.15, -0.1) is 0 Å². The zero-order chi connectivity index (χ0) is 18.8. The Kier molecular flexibility index (Phi) is 5.12. The molecule has 1 aliphatic carbocycles. The van der Waals surface area contributed by atoms with Crippen molar-refractivity contribution in [2.75, 3.05) is 39.7 Å². The SMILES string of the molecule is COc1ccc(NC2=CC=C3NC=C(C4CCN(C)CC4)C3C2)cc1OC. The molecule has 5 heteroatoms. The van der Waals surface area contributed by atoms with Gasteiger partial charge in [-0.3, -0.25) is 0 Å². The fourth-order valence-corrected chi connectivity index (χ4v) is 4.35. The normalized spacial score (nSPS) is 22.9. The standard InChI is InChI=1S/C22H29N3O2/c1-25-10-8-15(9-11-25)19-14-23-20-6-4-16(12-18(19)20)24-17-5-7-21(26-2)22(13-17)27-3/h4-7,13-15,18,23-24H,8-12H2,1-3H3. The summed E-state index contributed by atoms with van der Waals surface area (Å²) in [5, 5.41) is 7.08. The van der Waals surface area contributed by atoms with Crippen molar-refractivity contribution in [3.63, 3.8) is 0 Å². The molecule has 1 unspecified atom stereocenters. The lowest BCUT2D eigenvalue weighted by Crippen LogP contribution is -2.32. The van der Waals surface area contributed by atoms with Crippen LogP contribution in [0.5, 0.6) is 11.5 Å². The molecular weight excluding hydrogens is 338 g/mol. The van der Waals surface area contributed by atoms with Gasteiger partial charge in [0, 0.05) is 35.3 Å². The van der Waals surface area contributed by atoms with Crippen molar-refractivity contribution < 1.29 is 9.47 Å². The van der Waals surface area contributed by atoms with Crippen LogP contribution < -0.4 is 20.1 Å². The molecule has 2 N–H and O–H groups in total. The Morgan fingerprint density at radius 1 is 1.07 bits per heavy atom. The molecule has 2 heterocycles. The molecule has 1 aromatic carbocycles. The molecule has 1 fully saturated rings. The lowest BCUT2D eigenvalue weighted by Gasteiger charge is -2.33. The minimum absolute atomic E-state index is 0.478. The minimum Gasteiger partial charge on any atom is -0.493 e. The number of nitrogens with one attached hydrogen (secondary N) is 2. The minimum atomic E-state index is 0.478. The molecule has 1 saturated heterocycles. The predicted octanol–water partition coefficient (Wildman–Crippen LogP) is 3.73. The average Bonchev–Trinajstić information content (AvgIpc) is 3.11. The van der Waals surface area contributed by atoms with Gasteiger partial charge in [0.05, 0.1) is 14.2 Å². The second-order valence-corrected chi connectivity index (χ2v) is 7.63. The second-order valence-electron chi connectivity index (χ2n) is 7.63. The van der Waals surface area contributed by atoms with E-state index in [4.69, 9.17) is 9.47 Å². The summed E-state index contributed by atoms with van der Waals surface area (Å²) in [7, 11) is 5.54. The number of anilines is 1. The number of likely N-dealkylation sites (tertiary alicyclic amines) is 1. The first-order chi connectivity index (χ1) is 13.2. The third-order valence-corrected chi connectivity index (χ3v) is 5.95. The van der Waals surface area contributed by atoms with Gasteiger partial charge in [0.15, 0.2) is 11.5 Å². The summed E-state index contributed by atoms with van der Waals surface area (Å²) >= 11 is 0. The quantitative estimate of drug-likeness (QED) is 0.830. The van der Waals surface area contributed by atoms with Gasteiger partial charge in [0.1, 0.15) is 0 Å². The Balaban J connectivity index is 1.45. The lowest BCUT2D eigenvalue weighted by atomic mass is 9.79. The molecule has 27 heavy (non-hydrogen) atoms. The average molecular weight is 367 g/mol. The maximum absolute atomic E-state index is 5.42. The Morgan fingerprint density at radius 2 is 1.85 bits per heavy atom.